The first-order valence-corrected chi connectivity index (χ1v) is 8.91. The summed E-state index contributed by atoms with van der Waals surface area (Å²) in [5, 5.41) is 3.12. The number of nitrogens with one attached hydrogen (secondary N) is 2. The van der Waals surface area contributed by atoms with E-state index in [4.69, 9.17) is 4.74 Å². The molecule has 0 fully saturated rings. The first kappa shape index (κ1) is 17.3. The molecule has 0 atom stereocenters. The number of hydrogen-bond donors (Lipinski definition) is 2. The minimum atomic E-state index is -0.448. The Hall–Kier alpha value is -3.13. The van der Waals surface area contributed by atoms with E-state index in [-0.39, 0.29) is 18.0 Å². The number of para-hydroxylation sites is 2. The second kappa shape index (κ2) is 7.63. The summed E-state index contributed by atoms with van der Waals surface area (Å²) >= 11 is 1.33. The zero-order valence-corrected chi connectivity index (χ0v) is 14.8. The van der Waals surface area contributed by atoms with Gasteiger partial charge in [-0.3, -0.25) is 9.71 Å². The lowest BCUT2D eigenvalue weighted by Gasteiger charge is -2.22. The molecular formula is C19H14F2N4OS. The van der Waals surface area contributed by atoms with Crippen molar-refractivity contribution in [2.45, 2.75) is 11.4 Å². The van der Waals surface area contributed by atoms with Crippen LogP contribution >= 0.6 is 11.9 Å². The third-order valence-corrected chi connectivity index (χ3v) is 4.62. The molecule has 1 aliphatic rings. The first-order valence-electron chi connectivity index (χ1n) is 8.10. The summed E-state index contributed by atoms with van der Waals surface area (Å²) in [7, 11) is 0. The molecule has 0 unspecified atom stereocenters. The number of anilines is 1. The van der Waals surface area contributed by atoms with Crippen LogP contribution in [0.2, 0.25) is 0 Å². The van der Waals surface area contributed by atoms with E-state index < -0.39 is 11.6 Å². The van der Waals surface area contributed by atoms with Crippen molar-refractivity contribution in [3.63, 3.8) is 0 Å². The molecule has 0 radical (unpaired) electrons. The van der Waals surface area contributed by atoms with E-state index >= 15 is 0 Å². The fourth-order valence-electron chi connectivity index (χ4n) is 2.46. The Labute approximate surface area is 158 Å². The summed E-state index contributed by atoms with van der Waals surface area (Å²) in [6, 6.07) is 14.5. The number of pyridine rings is 1. The van der Waals surface area contributed by atoms with Crippen molar-refractivity contribution in [2.24, 2.45) is 4.99 Å². The summed E-state index contributed by atoms with van der Waals surface area (Å²) in [6.45, 7) is 0.0776. The van der Waals surface area contributed by atoms with Crippen molar-refractivity contribution in [3.05, 3.63) is 78.1 Å². The minimum Gasteiger partial charge on any atom is -0.452 e. The number of guanidine groups is 1. The summed E-state index contributed by atoms with van der Waals surface area (Å²) in [5.74, 6) is 0.168. The van der Waals surface area contributed by atoms with E-state index in [1.807, 2.05) is 12.1 Å². The lowest BCUT2D eigenvalue weighted by molar-refractivity contribution is 0.443. The molecule has 0 aliphatic carbocycles. The van der Waals surface area contributed by atoms with Gasteiger partial charge in [-0.15, -0.1) is 0 Å². The number of aliphatic imine (C=N–C) groups is 1. The summed E-state index contributed by atoms with van der Waals surface area (Å²) < 4.78 is 36.4. The molecule has 0 bridgehead atoms. The zero-order chi connectivity index (χ0) is 18.6. The van der Waals surface area contributed by atoms with Crippen LogP contribution < -0.4 is 14.8 Å². The minimum absolute atomic E-state index is 0.0776. The highest BCUT2D eigenvalue weighted by Gasteiger charge is 2.19. The van der Waals surface area contributed by atoms with E-state index in [1.165, 1.54) is 36.3 Å². The number of ether oxygens (including phenoxy) is 1. The third-order valence-electron chi connectivity index (χ3n) is 3.77. The van der Waals surface area contributed by atoms with Crippen LogP contribution in [0.1, 0.15) is 5.69 Å². The fourth-order valence-corrected chi connectivity index (χ4v) is 3.18. The van der Waals surface area contributed by atoms with Crippen LogP contribution in [-0.2, 0) is 6.54 Å². The van der Waals surface area contributed by atoms with Crippen molar-refractivity contribution in [1.82, 2.24) is 9.71 Å². The molecule has 136 valence electrons. The SMILES string of the molecule is Fc1ccccc1Oc1cccc2c1NC(=NCc1ncccc1F)NS2. The summed E-state index contributed by atoms with van der Waals surface area (Å²) in [6.07, 6.45) is 1.52. The molecule has 2 aromatic carbocycles. The number of rotatable bonds is 4. The maximum atomic E-state index is 13.9. The number of fused-ring (bicyclic) bond motifs is 1. The van der Waals surface area contributed by atoms with Gasteiger partial charge in [0.15, 0.2) is 17.3 Å². The van der Waals surface area contributed by atoms with Crippen molar-refractivity contribution in [1.29, 1.82) is 0 Å². The molecule has 27 heavy (non-hydrogen) atoms. The molecule has 1 aliphatic heterocycles. The van der Waals surface area contributed by atoms with Gasteiger partial charge < -0.3 is 10.1 Å². The molecule has 4 rings (SSSR count). The van der Waals surface area contributed by atoms with Gasteiger partial charge in [0, 0.05) is 6.20 Å². The van der Waals surface area contributed by atoms with Gasteiger partial charge in [0.05, 0.1) is 22.8 Å². The highest BCUT2D eigenvalue weighted by molar-refractivity contribution is 7.98. The molecule has 0 saturated heterocycles. The largest absolute Gasteiger partial charge is 0.452 e. The maximum absolute atomic E-state index is 13.9. The Morgan fingerprint density at radius 3 is 2.63 bits per heavy atom. The molecule has 0 saturated carbocycles. The molecule has 3 aromatic rings. The highest BCUT2D eigenvalue weighted by atomic mass is 32.2. The van der Waals surface area contributed by atoms with Gasteiger partial charge in [-0.25, -0.2) is 13.8 Å². The van der Waals surface area contributed by atoms with Crippen molar-refractivity contribution in [3.8, 4) is 11.5 Å². The third kappa shape index (κ3) is 3.85. The summed E-state index contributed by atoms with van der Waals surface area (Å²) in [5.41, 5.74) is 0.907. The molecule has 2 N–H and O–H groups in total. The van der Waals surface area contributed by atoms with Crippen LogP contribution in [0, 0.1) is 11.6 Å². The Bertz CT molecular complexity index is 1010. The lowest BCUT2D eigenvalue weighted by Crippen LogP contribution is -2.29. The molecule has 0 amide bonds. The fraction of sp³-hybridized carbons (Fsp3) is 0.0526. The van der Waals surface area contributed by atoms with Crippen molar-refractivity contribution >= 4 is 23.6 Å². The Balaban J connectivity index is 1.57. The van der Waals surface area contributed by atoms with Crippen LogP contribution in [0.5, 0.6) is 11.5 Å². The Morgan fingerprint density at radius 2 is 1.78 bits per heavy atom. The van der Waals surface area contributed by atoms with Gasteiger partial charge in [-0.1, -0.05) is 18.2 Å². The average Bonchev–Trinajstić information content (AvgIpc) is 2.69. The van der Waals surface area contributed by atoms with E-state index in [9.17, 15) is 8.78 Å². The lowest BCUT2D eigenvalue weighted by atomic mass is 10.2. The van der Waals surface area contributed by atoms with Crippen LogP contribution in [0.25, 0.3) is 0 Å². The van der Waals surface area contributed by atoms with Gasteiger partial charge in [0.1, 0.15) is 5.82 Å². The van der Waals surface area contributed by atoms with Gasteiger partial charge in [0.25, 0.3) is 0 Å². The van der Waals surface area contributed by atoms with Crippen LogP contribution in [-0.4, -0.2) is 10.9 Å². The predicted octanol–water partition coefficient (Wildman–Crippen LogP) is 4.73. The van der Waals surface area contributed by atoms with Gasteiger partial charge in [-0.05, 0) is 48.3 Å². The van der Waals surface area contributed by atoms with Crippen LogP contribution in [0.15, 0.2) is 70.7 Å². The molecule has 1 aromatic heterocycles. The number of benzene rings is 2. The average molecular weight is 384 g/mol. The molecule has 2 heterocycles. The zero-order valence-electron chi connectivity index (χ0n) is 13.9. The topological polar surface area (TPSA) is 58.5 Å². The molecular weight excluding hydrogens is 370 g/mol. The number of aromatic nitrogens is 1. The van der Waals surface area contributed by atoms with Gasteiger partial charge >= 0.3 is 0 Å². The smallest absolute Gasteiger partial charge is 0.206 e. The predicted molar refractivity (Wildman–Crippen MR) is 101 cm³/mol. The maximum Gasteiger partial charge on any atom is 0.206 e. The van der Waals surface area contributed by atoms with Gasteiger partial charge in [0.2, 0.25) is 5.96 Å². The number of hydrogen-bond acceptors (Lipinski definition) is 4. The van der Waals surface area contributed by atoms with E-state index in [2.05, 4.69) is 20.0 Å². The number of nitrogens with zero attached hydrogens (tertiary/aromatic N) is 2. The summed E-state index contributed by atoms with van der Waals surface area (Å²) in [4.78, 5) is 9.17. The number of halogens is 2. The quantitative estimate of drug-likeness (QED) is 0.637. The second-order valence-electron chi connectivity index (χ2n) is 5.59. The Morgan fingerprint density at radius 1 is 0.963 bits per heavy atom. The standard InChI is InChI=1S/C19H14F2N4OS/c20-12-6-4-10-22-14(12)11-23-19-24-18-16(8-3-9-17(18)27-25-19)26-15-7-2-1-5-13(15)21/h1-10H,11H2,(H2,23,24,25). The van der Waals surface area contributed by atoms with Crippen molar-refractivity contribution < 1.29 is 13.5 Å². The molecule has 5 nitrogen and oxygen atoms in total. The monoisotopic (exact) mass is 384 g/mol. The molecule has 0 spiro atoms. The van der Waals surface area contributed by atoms with E-state index in [0.717, 1.165) is 4.90 Å². The Kier molecular flexibility index (Phi) is 4.88. The van der Waals surface area contributed by atoms with Crippen molar-refractivity contribution in [2.75, 3.05) is 5.32 Å². The second-order valence-corrected chi connectivity index (χ2v) is 6.44. The normalized spacial score (nSPS) is 14.2. The van der Waals surface area contributed by atoms with Crippen LogP contribution in [0.3, 0.4) is 0 Å². The van der Waals surface area contributed by atoms with E-state index in [1.54, 1.807) is 24.3 Å². The van der Waals surface area contributed by atoms with Crippen LogP contribution in [0.4, 0.5) is 14.5 Å². The van der Waals surface area contributed by atoms with E-state index in [0.29, 0.717) is 17.4 Å². The first-order chi connectivity index (χ1) is 13.2. The van der Waals surface area contributed by atoms with Gasteiger partial charge in [-0.2, -0.15) is 0 Å². The highest BCUT2D eigenvalue weighted by Crippen LogP contribution is 2.39. The molecule has 8 heteroatoms.